The van der Waals surface area contributed by atoms with E-state index in [-0.39, 0.29) is 24.5 Å². The molecule has 0 aliphatic rings. The van der Waals surface area contributed by atoms with Gasteiger partial charge in [0.15, 0.2) is 9.84 Å². The summed E-state index contributed by atoms with van der Waals surface area (Å²) in [6.07, 6.45) is 2.11. The predicted molar refractivity (Wildman–Crippen MR) is 65.2 cm³/mol. The summed E-state index contributed by atoms with van der Waals surface area (Å²) in [6.45, 7) is 0.675. The van der Waals surface area contributed by atoms with E-state index in [1.54, 1.807) is 6.20 Å². The van der Waals surface area contributed by atoms with Gasteiger partial charge in [0.2, 0.25) is 5.91 Å². The molecule has 0 spiro atoms. The maximum absolute atomic E-state index is 11.6. The number of nitrogens with zero attached hydrogens (tertiary/aromatic N) is 3. The fraction of sp³-hybridized carbons (Fsp3) is 0.667. The number of hydrogen-bond donors (Lipinski definition) is 2. The lowest BCUT2D eigenvalue weighted by Crippen LogP contribution is -2.21. The van der Waals surface area contributed by atoms with Gasteiger partial charge in [0, 0.05) is 19.0 Å². The average Bonchev–Trinajstić information content (AvgIpc) is 2.73. The number of aromatic nitrogens is 3. The van der Waals surface area contributed by atoms with E-state index >= 15 is 0 Å². The van der Waals surface area contributed by atoms with Crippen LogP contribution in [0.2, 0.25) is 0 Å². The summed E-state index contributed by atoms with van der Waals surface area (Å²) < 4.78 is 24.6. The van der Waals surface area contributed by atoms with Crippen molar-refractivity contribution >= 4 is 15.7 Å². The number of carbonyl (C=O) groups excluding carboxylic acids is 1. The number of nitrogens with two attached hydrogens (primary N) is 2. The molecule has 0 aliphatic carbocycles. The summed E-state index contributed by atoms with van der Waals surface area (Å²) in [4.78, 5) is 10.5. The van der Waals surface area contributed by atoms with Crippen molar-refractivity contribution in [3.63, 3.8) is 0 Å². The Bertz CT molecular complexity index is 496. The third-order valence-electron chi connectivity index (χ3n) is 2.28. The minimum absolute atomic E-state index is 0.0916. The molecule has 0 saturated carbocycles. The van der Waals surface area contributed by atoms with Crippen molar-refractivity contribution in [3.8, 4) is 0 Å². The molecule has 0 radical (unpaired) electrons. The van der Waals surface area contributed by atoms with Crippen LogP contribution in [0.3, 0.4) is 0 Å². The van der Waals surface area contributed by atoms with Crippen LogP contribution in [0.4, 0.5) is 0 Å². The number of sulfone groups is 1. The van der Waals surface area contributed by atoms with Gasteiger partial charge in [0.1, 0.15) is 0 Å². The molecule has 1 amide bonds. The van der Waals surface area contributed by atoms with Crippen LogP contribution in [-0.2, 0) is 27.6 Å². The van der Waals surface area contributed by atoms with Gasteiger partial charge in [0.05, 0.1) is 23.7 Å². The number of amides is 1. The Labute approximate surface area is 105 Å². The van der Waals surface area contributed by atoms with Gasteiger partial charge >= 0.3 is 0 Å². The van der Waals surface area contributed by atoms with Crippen molar-refractivity contribution in [2.24, 2.45) is 11.5 Å². The number of aryl methyl sites for hydroxylation is 1. The highest BCUT2D eigenvalue weighted by Gasteiger charge is 2.13. The summed E-state index contributed by atoms with van der Waals surface area (Å²) in [5.74, 6) is -0.942. The molecule has 0 aliphatic heterocycles. The average molecular weight is 275 g/mol. The maximum Gasteiger partial charge on any atom is 0.218 e. The number of hydrogen-bond acceptors (Lipinski definition) is 6. The van der Waals surface area contributed by atoms with Crippen molar-refractivity contribution < 1.29 is 13.2 Å². The van der Waals surface area contributed by atoms with E-state index < -0.39 is 15.7 Å². The number of rotatable bonds is 8. The lowest BCUT2D eigenvalue weighted by atomic mass is 10.3. The van der Waals surface area contributed by atoms with E-state index in [0.717, 1.165) is 5.69 Å². The Morgan fingerprint density at radius 2 is 2.11 bits per heavy atom. The van der Waals surface area contributed by atoms with Gasteiger partial charge < -0.3 is 11.5 Å². The molecule has 0 fully saturated rings. The Balaban J connectivity index is 2.45. The normalized spacial score (nSPS) is 11.6. The smallest absolute Gasteiger partial charge is 0.218 e. The lowest BCUT2D eigenvalue weighted by Gasteiger charge is -2.02. The topological polar surface area (TPSA) is 134 Å². The van der Waals surface area contributed by atoms with Gasteiger partial charge in [0.25, 0.3) is 0 Å². The highest BCUT2D eigenvalue weighted by Crippen LogP contribution is 1.98. The highest BCUT2D eigenvalue weighted by atomic mass is 32.2. The second kappa shape index (κ2) is 6.45. The van der Waals surface area contributed by atoms with Crippen LogP contribution >= 0.6 is 0 Å². The molecule has 1 aromatic heterocycles. The molecule has 0 bridgehead atoms. The molecule has 4 N–H and O–H groups in total. The van der Waals surface area contributed by atoms with Gasteiger partial charge in [-0.1, -0.05) is 5.21 Å². The summed E-state index contributed by atoms with van der Waals surface area (Å²) in [5.41, 5.74) is 11.0. The molecule has 1 rings (SSSR count). The van der Waals surface area contributed by atoms with Crippen molar-refractivity contribution in [1.29, 1.82) is 0 Å². The molecule has 9 heteroatoms. The summed E-state index contributed by atoms with van der Waals surface area (Å²) in [7, 11) is -3.29. The Morgan fingerprint density at radius 3 is 2.72 bits per heavy atom. The maximum atomic E-state index is 11.6. The van der Waals surface area contributed by atoms with Crippen LogP contribution in [0, 0.1) is 0 Å². The van der Waals surface area contributed by atoms with Crippen molar-refractivity contribution in [1.82, 2.24) is 15.0 Å². The Morgan fingerprint density at radius 1 is 1.39 bits per heavy atom. The van der Waals surface area contributed by atoms with E-state index in [2.05, 4.69) is 10.3 Å². The summed E-state index contributed by atoms with van der Waals surface area (Å²) in [6, 6.07) is 0. The molecule has 102 valence electrons. The van der Waals surface area contributed by atoms with Gasteiger partial charge in [-0.25, -0.2) is 8.42 Å². The van der Waals surface area contributed by atoms with Crippen LogP contribution < -0.4 is 11.5 Å². The van der Waals surface area contributed by atoms with Crippen molar-refractivity contribution in [2.45, 2.75) is 19.4 Å². The first-order chi connectivity index (χ1) is 8.43. The van der Waals surface area contributed by atoms with Gasteiger partial charge in [-0.3, -0.25) is 9.48 Å². The quantitative estimate of drug-likeness (QED) is 0.567. The Kier molecular flexibility index (Phi) is 5.23. The van der Waals surface area contributed by atoms with E-state index in [0.29, 0.717) is 13.0 Å². The van der Waals surface area contributed by atoms with Crippen LogP contribution in [0.5, 0.6) is 0 Å². The standard InChI is InChI=1S/C9H17N5O3S/c10-3-1-8-7-14(13-12-8)4-6-18(16,17)5-2-9(11)15/h7H,1-6,10H2,(H2,11,15). The van der Waals surface area contributed by atoms with Gasteiger partial charge in [-0.2, -0.15) is 0 Å². The molecule has 18 heavy (non-hydrogen) atoms. The zero-order valence-corrected chi connectivity index (χ0v) is 10.8. The van der Waals surface area contributed by atoms with Crippen LogP contribution in [-0.4, -0.2) is 47.4 Å². The minimum Gasteiger partial charge on any atom is -0.370 e. The number of primary amides is 1. The number of carbonyl (C=O) groups is 1. The molecule has 0 atom stereocenters. The van der Waals surface area contributed by atoms with E-state index in [1.807, 2.05) is 0 Å². The molecule has 1 aromatic rings. The molecule has 1 heterocycles. The van der Waals surface area contributed by atoms with Crippen LogP contribution in [0.25, 0.3) is 0 Å². The van der Waals surface area contributed by atoms with E-state index in [9.17, 15) is 13.2 Å². The third-order valence-corrected chi connectivity index (χ3v) is 3.91. The van der Waals surface area contributed by atoms with Crippen molar-refractivity contribution in [3.05, 3.63) is 11.9 Å². The molecular formula is C9H17N5O3S. The monoisotopic (exact) mass is 275 g/mol. The van der Waals surface area contributed by atoms with Crippen LogP contribution in [0.15, 0.2) is 6.20 Å². The fourth-order valence-electron chi connectivity index (χ4n) is 1.30. The zero-order chi connectivity index (χ0) is 13.6. The first kappa shape index (κ1) is 14.6. The molecule has 0 aromatic carbocycles. The predicted octanol–water partition coefficient (Wildman–Crippen LogP) is -1.93. The summed E-state index contributed by atoms with van der Waals surface area (Å²) >= 11 is 0. The van der Waals surface area contributed by atoms with Crippen LogP contribution in [0.1, 0.15) is 12.1 Å². The van der Waals surface area contributed by atoms with Crippen molar-refractivity contribution in [2.75, 3.05) is 18.1 Å². The summed E-state index contributed by atoms with van der Waals surface area (Å²) in [5, 5.41) is 7.63. The molecule has 8 nitrogen and oxygen atoms in total. The zero-order valence-electron chi connectivity index (χ0n) is 9.95. The van der Waals surface area contributed by atoms with Gasteiger partial charge in [-0.05, 0) is 6.54 Å². The Hall–Kier alpha value is -1.48. The molecule has 0 saturated heterocycles. The highest BCUT2D eigenvalue weighted by molar-refractivity contribution is 7.91. The first-order valence-corrected chi connectivity index (χ1v) is 7.33. The largest absolute Gasteiger partial charge is 0.370 e. The third kappa shape index (κ3) is 5.23. The lowest BCUT2D eigenvalue weighted by molar-refractivity contribution is -0.117. The second-order valence-electron chi connectivity index (χ2n) is 3.88. The van der Waals surface area contributed by atoms with E-state index in [1.165, 1.54) is 4.68 Å². The SMILES string of the molecule is NCCc1cn(CCS(=O)(=O)CCC(N)=O)nn1. The second-order valence-corrected chi connectivity index (χ2v) is 6.18. The van der Waals surface area contributed by atoms with Gasteiger partial charge in [-0.15, -0.1) is 5.10 Å². The molecular weight excluding hydrogens is 258 g/mol. The fourth-order valence-corrected chi connectivity index (χ4v) is 2.48. The first-order valence-electron chi connectivity index (χ1n) is 5.51. The minimum atomic E-state index is -3.29. The van der Waals surface area contributed by atoms with E-state index in [4.69, 9.17) is 11.5 Å². The molecule has 0 unspecified atom stereocenters.